The Bertz CT molecular complexity index is 1370. The minimum absolute atomic E-state index is 0.0217. The molecule has 2 N–H and O–H groups in total. The van der Waals surface area contributed by atoms with Crippen molar-refractivity contribution in [3.63, 3.8) is 0 Å². The lowest BCUT2D eigenvalue weighted by molar-refractivity contribution is -0.140. The van der Waals surface area contributed by atoms with Gasteiger partial charge in [-0.1, -0.05) is 36.4 Å². The molecule has 204 valence electrons. The lowest BCUT2D eigenvalue weighted by Crippen LogP contribution is -2.31. The van der Waals surface area contributed by atoms with Gasteiger partial charge >= 0.3 is 0 Å². The summed E-state index contributed by atoms with van der Waals surface area (Å²) in [6.07, 6.45) is 0.503. The molecule has 0 radical (unpaired) electrons. The maximum atomic E-state index is 13.3. The third kappa shape index (κ3) is 6.07. The zero-order valence-electron chi connectivity index (χ0n) is 22.3. The molecule has 1 fully saturated rings. The molecule has 0 aliphatic carbocycles. The monoisotopic (exact) mass is 531 g/mol. The summed E-state index contributed by atoms with van der Waals surface area (Å²) in [7, 11) is 1.57. The molecule has 1 aliphatic heterocycles. The fourth-order valence-corrected chi connectivity index (χ4v) is 4.69. The quantitative estimate of drug-likeness (QED) is 0.153. The molecule has 0 saturated carbocycles. The van der Waals surface area contributed by atoms with Gasteiger partial charge in [-0.05, 0) is 67.3 Å². The average molecular weight is 532 g/mol. The molecule has 0 unspecified atom stereocenters. The molecule has 3 aromatic rings. The van der Waals surface area contributed by atoms with E-state index >= 15 is 0 Å². The second-order valence-corrected chi connectivity index (χ2v) is 9.25. The minimum atomic E-state index is -0.866. The van der Waals surface area contributed by atoms with Gasteiger partial charge in [-0.25, -0.2) is 0 Å². The number of aryl methyl sites for hydroxylation is 1. The maximum Gasteiger partial charge on any atom is 0.295 e. The predicted molar refractivity (Wildman–Crippen MR) is 147 cm³/mol. The number of ether oxygens (including phenoxy) is 3. The van der Waals surface area contributed by atoms with Crippen molar-refractivity contribution in [2.24, 2.45) is 0 Å². The molecule has 1 saturated heterocycles. The van der Waals surface area contributed by atoms with Crippen LogP contribution in [0.2, 0.25) is 0 Å². The number of hydrogen-bond donors (Lipinski definition) is 2. The zero-order chi connectivity index (χ0) is 27.9. The summed E-state index contributed by atoms with van der Waals surface area (Å²) in [4.78, 5) is 27.9. The van der Waals surface area contributed by atoms with E-state index in [-0.39, 0.29) is 29.4 Å². The summed E-state index contributed by atoms with van der Waals surface area (Å²) in [5.74, 6) is -0.962. The van der Waals surface area contributed by atoms with E-state index in [4.69, 9.17) is 14.2 Å². The van der Waals surface area contributed by atoms with E-state index in [2.05, 4.69) is 0 Å². The largest absolute Gasteiger partial charge is 0.507 e. The van der Waals surface area contributed by atoms with Crippen LogP contribution in [0.25, 0.3) is 5.76 Å². The second kappa shape index (κ2) is 12.5. The van der Waals surface area contributed by atoms with Crippen LogP contribution in [-0.4, -0.2) is 53.7 Å². The predicted octanol–water partition coefficient (Wildman–Crippen LogP) is 5.14. The molecule has 3 aromatic carbocycles. The summed E-state index contributed by atoms with van der Waals surface area (Å²) in [5.41, 5.74) is 2.64. The minimum Gasteiger partial charge on any atom is -0.507 e. The van der Waals surface area contributed by atoms with E-state index in [1.54, 1.807) is 44.4 Å². The summed E-state index contributed by atoms with van der Waals surface area (Å²) in [6.45, 7) is 4.96. The molecule has 0 spiro atoms. The first-order valence-electron chi connectivity index (χ1n) is 12.9. The topological polar surface area (TPSA) is 106 Å². The number of aliphatic hydroxyl groups is 1. The molecule has 4 rings (SSSR count). The van der Waals surface area contributed by atoms with Gasteiger partial charge in [-0.15, -0.1) is 0 Å². The fourth-order valence-electron chi connectivity index (χ4n) is 4.69. The van der Waals surface area contributed by atoms with Crippen LogP contribution in [0.15, 0.2) is 72.3 Å². The molecular formula is C31H33NO7. The highest BCUT2D eigenvalue weighted by molar-refractivity contribution is 6.46. The van der Waals surface area contributed by atoms with Gasteiger partial charge in [0.15, 0.2) is 11.5 Å². The van der Waals surface area contributed by atoms with E-state index in [1.807, 2.05) is 37.3 Å². The first kappa shape index (κ1) is 27.7. The van der Waals surface area contributed by atoms with Crippen molar-refractivity contribution in [1.82, 2.24) is 4.90 Å². The maximum absolute atomic E-state index is 13.3. The standard InChI is InChI=1S/C31H33NO7/c1-4-38-26-18-22(11-14-25(26)33)28-27(30(35)31(36)32(28)15-8-16-37-3)29(34)24-13-12-23(17-20(24)2)39-19-21-9-6-5-7-10-21/h5-7,9-14,17-18,28,33-34H,4,8,15-16,19H2,1-3H3/t28-/m1/s1. The smallest absolute Gasteiger partial charge is 0.295 e. The van der Waals surface area contributed by atoms with Gasteiger partial charge in [-0.3, -0.25) is 9.59 Å². The van der Waals surface area contributed by atoms with E-state index in [0.717, 1.165) is 5.56 Å². The van der Waals surface area contributed by atoms with E-state index in [1.165, 1.54) is 11.0 Å². The molecule has 1 aliphatic rings. The number of nitrogens with zero attached hydrogens (tertiary/aromatic N) is 1. The van der Waals surface area contributed by atoms with Crippen molar-refractivity contribution >= 4 is 17.4 Å². The highest BCUT2D eigenvalue weighted by Gasteiger charge is 2.46. The zero-order valence-corrected chi connectivity index (χ0v) is 22.3. The Hall–Kier alpha value is -4.30. The van der Waals surface area contributed by atoms with Crippen molar-refractivity contribution in [2.45, 2.75) is 32.9 Å². The van der Waals surface area contributed by atoms with Gasteiger partial charge in [0.2, 0.25) is 0 Å². The van der Waals surface area contributed by atoms with Crippen LogP contribution in [0.5, 0.6) is 17.2 Å². The lowest BCUT2D eigenvalue weighted by Gasteiger charge is -2.26. The number of methoxy groups -OCH3 is 1. The van der Waals surface area contributed by atoms with Crippen LogP contribution >= 0.6 is 0 Å². The van der Waals surface area contributed by atoms with Crippen molar-refractivity contribution in [3.8, 4) is 17.2 Å². The Kier molecular flexibility index (Phi) is 8.88. The lowest BCUT2D eigenvalue weighted by atomic mass is 9.93. The Morgan fingerprint density at radius 2 is 1.77 bits per heavy atom. The number of amides is 1. The van der Waals surface area contributed by atoms with Crippen LogP contribution in [0.3, 0.4) is 0 Å². The Balaban J connectivity index is 1.73. The van der Waals surface area contributed by atoms with Crippen LogP contribution in [0.4, 0.5) is 0 Å². The molecule has 39 heavy (non-hydrogen) atoms. The first-order valence-corrected chi connectivity index (χ1v) is 12.9. The molecule has 1 heterocycles. The van der Waals surface area contributed by atoms with Crippen LogP contribution in [0.1, 0.15) is 41.6 Å². The van der Waals surface area contributed by atoms with Crippen LogP contribution < -0.4 is 9.47 Å². The first-order chi connectivity index (χ1) is 18.8. The van der Waals surface area contributed by atoms with Gasteiger partial charge < -0.3 is 29.3 Å². The summed E-state index contributed by atoms with van der Waals surface area (Å²) in [6, 6.07) is 18.8. The van der Waals surface area contributed by atoms with Gasteiger partial charge in [-0.2, -0.15) is 0 Å². The van der Waals surface area contributed by atoms with Crippen LogP contribution in [0, 0.1) is 6.92 Å². The van der Waals surface area contributed by atoms with Crippen molar-refractivity contribution in [2.75, 3.05) is 26.9 Å². The number of aliphatic hydroxyl groups excluding tert-OH is 1. The third-order valence-corrected chi connectivity index (χ3v) is 6.59. The number of ketones is 1. The van der Waals surface area contributed by atoms with Gasteiger partial charge in [0.1, 0.15) is 18.1 Å². The van der Waals surface area contributed by atoms with Crippen molar-refractivity contribution < 1.29 is 34.0 Å². The molecule has 0 bridgehead atoms. The van der Waals surface area contributed by atoms with Gasteiger partial charge in [0.25, 0.3) is 11.7 Å². The number of hydrogen-bond acceptors (Lipinski definition) is 7. The number of rotatable bonds is 11. The van der Waals surface area contributed by atoms with Crippen molar-refractivity contribution in [3.05, 3.63) is 94.6 Å². The van der Waals surface area contributed by atoms with E-state index in [0.29, 0.717) is 48.7 Å². The van der Waals surface area contributed by atoms with Crippen molar-refractivity contribution in [1.29, 1.82) is 0 Å². The second-order valence-electron chi connectivity index (χ2n) is 9.25. The highest BCUT2D eigenvalue weighted by atomic mass is 16.5. The number of phenols is 1. The normalized spacial score (nSPS) is 16.5. The molecule has 8 heteroatoms. The van der Waals surface area contributed by atoms with Gasteiger partial charge in [0, 0.05) is 25.8 Å². The Morgan fingerprint density at radius 1 is 1.00 bits per heavy atom. The summed E-state index contributed by atoms with van der Waals surface area (Å²) >= 11 is 0. The number of aromatic hydroxyl groups is 1. The molecule has 1 amide bonds. The van der Waals surface area contributed by atoms with E-state index < -0.39 is 17.7 Å². The SMILES string of the molecule is CCOc1cc([C@@H]2C(=C(O)c3ccc(OCc4ccccc4)cc3C)C(=O)C(=O)N2CCCOC)ccc1O. The Labute approximate surface area is 228 Å². The molecule has 0 aromatic heterocycles. The number of phenolic OH excluding ortho intramolecular Hbond substituents is 1. The molecular weight excluding hydrogens is 498 g/mol. The highest BCUT2D eigenvalue weighted by Crippen LogP contribution is 2.42. The molecule has 1 atom stereocenters. The fraction of sp³-hybridized carbons (Fsp3) is 0.290. The number of carbonyl (C=O) groups excluding carboxylic acids is 2. The number of likely N-dealkylation sites (tertiary alicyclic amines) is 1. The summed E-state index contributed by atoms with van der Waals surface area (Å²) < 4.78 is 16.6. The Morgan fingerprint density at radius 3 is 2.46 bits per heavy atom. The van der Waals surface area contributed by atoms with Gasteiger partial charge in [0.05, 0.1) is 18.2 Å². The number of benzene rings is 3. The summed E-state index contributed by atoms with van der Waals surface area (Å²) in [5, 5.41) is 21.7. The number of carbonyl (C=O) groups is 2. The van der Waals surface area contributed by atoms with E-state index in [9.17, 15) is 19.8 Å². The molecule has 8 nitrogen and oxygen atoms in total. The van der Waals surface area contributed by atoms with Crippen LogP contribution in [-0.2, 0) is 20.9 Å². The third-order valence-electron chi connectivity index (χ3n) is 6.59. The average Bonchev–Trinajstić information content (AvgIpc) is 3.19. The number of Topliss-reactive ketones (excluding diaryl/α,β-unsaturated/α-hetero) is 1.